The Labute approximate surface area is 192 Å². The van der Waals surface area contributed by atoms with Crippen LogP contribution in [-0.4, -0.2) is 38.3 Å². The van der Waals surface area contributed by atoms with Gasteiger partial charge in [0.1, 0.15) is 11.5 Å². The van der Waals surface area contributed by atoms with E-state index in [9.17, 15) is 14.7 Å². The molecule has 7 heteroatoms. The number of likely N-dealkylation sites (tertiary alicyclic amines) is 1. The molecule has 3 heterocycles. The molecule has 1 fully saturated rings. The normalized spacial score (nSPS) is 17.5. The van der Waals surface area contributed by atoms with Gasteiger partial charge in [-0.2, -0.15) is 0 Å². The molecule has 0 unspecified atom stereocenters. The minimum absolute atomic E-state index is 0.0349. The van der Waals surface area contributed by atoms with Gasteiger partial charge < -0.3 is 14.7 Å². The van der Waals surface area contributed by atoms with Crippen LogP contribution in [0.1, 0.15) is 36.6 Å². The van der Waals surface area contributed by atoms with Gasteiger partial charge in [-0.15, -0.1) is 0 Å². The van der Waals surface area contributed by atoms with Crippen LogP contribution in [0.15, 0.2) is 78.9 Å². The van der Waals surface area contributed by atoms with E-state index in [-0.39, 0.29) is 17.9 Å². The van der Waals surface area contributed by atoms with E-state index < -0.39 is 17.7 Å². The van der Waals surface area contributed by atoms with Gasteiger partial charge in [-0.1, -0.05) is 26.0 Å². The lowest BCUT2D eigenvalue weighted by atomic mass is 9.96. The quantitative estimate of drug-likeness (QED) is 0.335. The van der Waals surface area contributed by atoms with Gasteiger partial charge in [0.2, 0.25) is 0 Å². The molecule has 1 amide bonds. The summed E-state index contributed by atoms with van der Waals surface area (Å²) in [6, 6.07) is 13.2. The second kappa shape index (κ2) is 9.65. The Morgan fingerprint density at radius 2 is 1.73 bits per heavy atom. The standard InChI is InChI=1S/C26H25N3O4/c1-17(2)16-33-21-9-7-19(8-10-21)24(30)22-23(20-6-4-12-28-14-20)29(26(32)25(22)31)15-18-5-3-11-27-13-18/h3-14,17,23,30H,15-16H2,1-2H3/b24-22+/t23-/m1/s1. The van der Waals surface area contributed by atoms with Crippen LogP contribution >= 0.6 is 0 Å². The molecule has 1 N–H and O–H groups in total. The molecule has 7 nitrogen and oxygen atoms in total. The number of amides is 1. The third kappa shape index (κ3) is 4.77. The van der Waals surface area contributed by atoms with Gasteiger partial charge in [0.25, 0.3) is 11.7 Å². The number of rotatable bonds is 7. The van der Waals surface area contributed by atoms with E-state index in [2.05, 4.69) is 23.8 Å². The van der Waals surface area contributed by atoms with Crippen LogP contribution in [0, 0.1) is 5.92 Å². The number of pyridine rings is 2. The fraction of sp³-hybridized carbons (Fsp3) is 0.231. The number of aromatic nitrogens is 2. The summed E-state index contributed by atoms with van der Waals surface area (Å²) in [5, 5.41) is 11.1. The van der Waals surface area contributed by atoms with E-state index in [4.69, 9.17) is 4.74 Å². The highest BCUT2D eigenvalue weighted by atomic mass is 16.5. The number of hydrogen-bond donors (Lipinski definition) is 1. The number of benzene rings is 1. The molecule has 4 rings (SSSR count). The summed E-state index contributed by atoms with van der Waals surface area (Å²) in [5.41, 5.74) is 1.88. The second-order valence-electron chi connectivity index (χ2n) is 8.30. The first kappa shape index (κ1) is 22.2. The van der Waals surface area contributed by atoms with Crippen molar-refractivity contribution in [1.29, 1.82) is 0 Å². The number of ether oxygens (including phenoxy) is 1. The number of carbonyl (C=O) groups is 2. The van der Waals surface area contributed by atoms with Crippen molar-refractivity contribution in [1.82, 2.24) is 14.9 Å². The van der Waals surface area contributed by atoms with Crippen LogP contribution in [0.5, 0.6) is 5.75 Å². The molecule has 2 aromatic heterocycles. The van der Waals surface area contributed by atoms with Crippen molar-refractivity contribution in [2.45, 2.75) is 26.4 Å². The van der Waals surface area contributed by atoms with Crippen LogP contribution in [0.25, 0.3) is 5.76 Å². The Bertz CT molecular complexity index is 1160. The molecule has 1 aromatic carbocycles. The number of hydrogen-bond acceptors (Lipinski definition) is 6. The highest BCUT2D eigenvalue weighted by molar-refractivity contribution is 6.46. The summed E-state index contributed by atoms with van der Waals surface area (Å²) in [7, 11) is 0. The van der Waals surface area contributed by atoms with Crippen molar-refractivity contribution in [3.05, 3.63) is 95.6 Å². The van der Waals surface area contributed by atoms with Crippen molar-refractivity contribution in [2.75, 3.05) is 6.61 Å². The topological polar surface area (TPSA) is 92.6 Å². The Balaban J connectivity index is 1.74. The number of Topliss-reactive ketones (excluding diaryl/α,β-unsaturated/α-hetero) is 1. The zero-order chi connectivity index (χ0) is 23.4. The van der Waals surface area contributed by atoms with Gasteiger partial charge in [0, 0.05) is 36.9 Å². The van der Waals surface area contributed by atoms with Crippen molar-refractivity contribution in [3.8, 4) is 5.75 Å². The molecule has 1 aliphatic rings. The van der Waals surface area contributed by atoms with Crippen LogP contribution in [0.2, 0.25) is 0 Å². The van der Waals surface area contributed by atoms with Gasteiger partial charge in [-0.3, -0.25) is 19.6 Å². The molecule has 1 saturated heterocycles. The zero-order valence-electron chi connectivity index (χ0n) is 18.5. The maximum absolute atomic E-state index is 13.1. The minimum atomic E-state index is -0.768. The Kier molecular flexibility index (Phi) is 6.49. The summed E-state index contributed by atoms with van der Waals surface area (Å²) < 4.78 is 5.70. The molecular weight excluding hydrogens is 418 g/mol. The second-order valence-corrected chi connectivity index (χ2v) is 8.30. The van der Waals surface area contributed by atoms with E-state index in [0.29, 0.717) is 29.4 Å². The Morgan fingerprint density at radius 1 is 1.03 bits per heavy atom. The van der Waals surface area contributed by atoms with Crippen LogP contribution < -0.4 is 4.74 Å². The van der Waals surface area contributed by atoms with E-state index in [1.807, 2.05) is 6.07 Å². The molecule has 33 heavy (non-hydrogen) atoms. The van der Waals surface area contributed by atoms with Gasteiger partial charge in [0.15, 0.2) is 0 Å². The van der Waals surface area contributed by atoms with E-state index in [0.717, 1.165) is 5.56 Å². The third-order valence-corrected chi connectivity index (χ3v) is 5.33. The number of aliphatic hydroxyl groups is 1. The first-order valence-electron chi connectivity index (χ1n) is 10.8. The van der Waals surface area contributed by atoms with E-state index in [1.165, 1.54) is 4.90 Å². The third-order valence-electron chi connectivity index (χ3n) is 5.33. The molecule has 0 saturated carbocycles. The molecule has 0 bridgehead atoms. The first-order chi connectivity index (χ1) is 16.0. The lowest BCUT2D eigenvalue weighted by molar-refractivity contribution is -0.140. The van der Waals surface area contributed by atoms with E-state index >= 15 is 0 Å². The van der Waals surface area contributed by atoms with Crippen LogP contribution in [0.4, 0.5) is 0 Å². The average Bonchev–Trinajstić information content (AvgIpc) is 3.09. The SMILES string of the molecule is CC(C)COc1ccc(/C(O)=C2\C(=O)C(=O)N(Cc3cccnc3)[C@@H]2c2cccnc2)cc1. The minimum Gasteiger partial charge on any atom is -0.507 e. The van der Waals surface area contributed by atoms with Crippen LogP contribution in [-0.2, 0) is 16.1 Å². The van der Waals surface area contributed by atoms with Crippen molar-refractivity contribution < 1.29 is 19.4 Å². The molecule has 1 atom stereocenters. The summed E-state index contributed by atoms with van der Waals surface area (Å²) in [5.74, 6) is -0.586. The largest absolute Gasteiger partial charge is 0.507 e. The molecule has 3 aromatic rings. The number of carbonyl (C=O) groups excluding carboxylic acids is 2. The van der Waals surface area contributed by atoms with Gasteiger partial charge in [-0.05, 0) is 53.4 Å². The Hall–Kier alpha value is -4.00. The van der Waals surface area contributed by atoms with Crippen molar-refractivity contribution in [3.63, 3.8) is 0 Å². The zero-order valence-corrected chi connectivity index (χ0v) is 18.5. The predicted molar refractivity (Wildman–Crippen MR) is 123 cm³/mol. The maximum Gasteiger partial charge on any atom is 0.295 e. The molecule has 0 spiro atoms. The highest BCUT2D eigenvalue weighted by Crippen LogP contribution is 2.40. The number of aliphatic hydroxyl groups excluding tert-OH is 1. The molecule has 1 aliphatic heterocycles. The lowest BCUT2D eigenvalue weighted by Crippen LogP contribution is -2.29. The van der Waals surface area contributed by atoms with Gasteiger partial charge in [-0.25, -0.2) is 0 Å². The maximum atomic E-state index is 13.1. The number of nitrogens with zero attached hydrogens (tertiary/aromatic N) is 3. The molecule has 168 valence electrons. The summed E-state index contributed by atoms with van der Waals surface area (Å²) in [4.78, 5) is 35.8. The molecule has 0 aliphatic carbocycles. The predicted octanol–water partition coefficient (Wildman–Crippen LogP) is 4.13. The first-order valence-corrected chi connectivity index (χ1v) is 10.8. The van der Waals surface area contributed by atoms with E-state index in [1.54, 1.807) is 67.3 Å². The van der Waals surface area contributed by atoms with Gasteiger partial charge in [0.05, 0.1) is 18.2 Å². The van der Waals surface area contributed by atoms with Crippen molar-refractivity contribution >= 4 is 17.4 Å². The lowest BCUT2D eigenvalue weighted by Gasteiger charge is -2.25. The number of ketones is 1. The fourth-order valence-electron chi connectivity index (χ4n) is 3.74. The van der Waals surface area contributed by atoms with Crippen molar-refractivity contribution in [2.24, 2.45) is 5.92 Å². The summed E-state index contributed by atoms with van der Waals surface area (Å²) in [6.07, 6.45) is 6.51. The smallest absolute Gasteiger partial charge is 0.295 e. The molecular formula is C26H25N3O4. The Morgan fingerprint density at radius 3 is 2.33 bits per heavy atom. The van der Waals surface area contributed by atoms with Crippen LogP contribution in [0.3, 0.4) is 0 Å². The fourth-order valence-corrected chi connectivity index (χ4v) is 3.74. The summed E-state index contributed by atoms with van der Waals surface area (Å²) >= 11 is 0. The molecule has 0 radical (unpaired) electrons. The highest BCUT2D eigenvalue weighted by Gasteiger charge is 2.46. The van der Waals surface area contributed by atoms with Gasteiger partial charge >= 0.3 is 0 Å². The summed E-state index contributed by atoms with van der Waals surface area (Å²) in [6.45, 7) is 4.87. The average molecular weight is 444 g/mol. The monoisotopic (exact) mass is 443 g/mol.